The SMILES string of the molecule is CCCNc1ncc(Cl)c(Sc2nc(N)cc(N)n2)n1. The molecule has 0 radical (unpaired) electrons. The van der Waals surface area contributed by atoms with Crippen molar-refractivity contribution >= 4 is 40.9 Å². The van der Waals surface area contributed by atoms with Gasteiger partial charge in [0, 0.05) is 12.6 Å². The highest BCUT2D eigenvalue weighted by Crippen LogP contribution is 2.30. The number of nitrogens with one attached hydrogen (secondary N) is 1. The highest BCUT2D eigenvalue weighted by atomic mass is 35.5. The van der Waals surface area contributed by atoms with Crippen LogP contribution in [-0.4, -0.2) is 26.5 Å². The second-order valence-corrected chi connectivity index (χ2v) is 5.24. The Morgan fingerprint density at radius 3 is 2.60 bits per heavy atom. The lowest BCUT2D eigenvalue weighted by Gasteiger charge is -2.07. The summed E-state index contributed by atoms with van der Waals surface area (Å²) in [5, 5.41) is 4.44. The average Bonchev–Trinajstić information content (AvgIpc) is 2.38. The third kappa shape index (κ3) is 3.84. The van der Waals surface area contributed by atoms with Gasteiger partial charge in [-0.15, -0.1) is 0 Å². The van der Waals surface area contributed by atoms with Crippen LogP contribution in [0.15, 0.2) is 22.4 Å². The highest BCUT2D eigenvalue weighted by molar-refractivity contribution is 7.99. The van der Waals surface area contributed by atoms with E-state index in [1.165, 1.54) is 24.0 Å². The van der Waals surface area contributed by atoms with E-state index in [0.717, 1.165) is 13.0 Å². The zero-order chi connectivity index (χ0) is 14.5. The van der Waals surface area contributed by atoms with Crippen LogP contribution in [0, 0.1) is 0 Å². The fourth-order valence-corrected chi connectivity index (χ4v) is 2.30. The Labute approximate surface area is 125 Å². The molecule has 0 aliphatic carbocycles. The van der Waals surface area contributed by atoms with Crippen molar-refractivity contribution in [2.24, 2.45) is 0 Å². The molecule has 0 aliphatic rings. The van der Waals surface area contributed by atoms with Gasteiger partial charge in [-0.3, -0.25) is 0 Å². The largest absolute Gasteiger partial charge is 0.383 e. The fourth-order valence-electron chi connectivity index (χ4n) is 1.34. The molecule has 2 aromatic heterocycles. The molecule has 0 saturated carbocycles. The molecule has 20 heavy (non-hydrogen) atoms. The van der Waals surface area contributed by atoms with E-state index in [0.29, 0.717) is 32.8 Å². The van der Waals surface area contributed by atoms with Crippen LogP contribution in [0.2, 0.25) is 5.02 Å². The van der Waals surface area contributed by atoms with Crippen LogP contribution in [0.5, 0.6) is 0 Å². The fraction of sp³-hybridized carbons (Fsp3) is 0.273. The summed E-state index contributed by atoms with van der Waals surface area (Å²) in [4.78, 5) is 16.6. The summed E-state index contributed by atoms with van der Waals surface area (Å²) in [6.45, 7) is 2.84. The average molecular weight is 312 g/mol. The number of hydrogen-bond donors (Lipinski definition) is 3. The molecule has 0 saturated heterocycles. The van der Waals surface area contributed by atoms with Crippen LogP contribution in [0.3, 0.4) is 0 Å². The van der Waals surface area contributed by atoms with E-state index in [1.807, 2.05) is 0 Å². The number of nitrogen functional groups attached to an aromatic ring is 2. The van der Waals surface area contributed by atoms with Crippen LogP contribution in [-0.2, 0) is 0 Å². The summed E-state index contributed by atoms with van der Waals surface area (Å²) in [5.74, 6) is 1.11. The Hall–Kier alpha value is -1.80. The van der Waals surface area contributed by atoms with Gasteiger partial charge < -0.3 is 16.8 Å². The Bertz CT molecular complexity index is 587. The van der Waals surface area contributed by atoms with Gasteiger partial charge in [-0.05, 0) is 18.2 Å². The molecular formula is C11H14ClN7S. The molecule has 0 aliphatic heterocycles. The maximum absolute atomic E-state index is 6.07. The second kappa shape index (κ2) is 6.58. The van der Waals surface area contributed by atoms with Crippen molar-refractivity contribution in [3.05, 3.63) is 17.3 Å². The molecular weight excluding hydrogens is 298 g/mol. The molecule has 2 aromatic rings. The number of halogens is 1. The van der Waals surface area contributed by atoms with Crippen molar-refractivity contribution in [2.75, 3.05) is 23.3 Å². The molecule has 0 atom stereocenters. The van der Waals surface area contributed by atoms with Crippen molar-refractivity contribution in [3.63, 3.8) is 0 Å². The standard InChI is InChI=1S/C11H14ClN7S/c1-2-3-15-10-16-5-6(12)9(19-10)20-11-17-7(13)4-8(14)18-11/h4-5H,2-3H2,1H3,(H,15,16,19)(H4,13,14,17,18). The first kappa shape index (κ1) is 14.6. The molecule has 0 fully saturated rings. The first-order valence-electron chi connectivity index (χ1n) is 5.92. The zero-order valence-electron chi connectivity index (χ0n) is 10.8. The van der Waals surface area contributed by atoms with E-state index in [2.05, 4.69) is 32.2 Å². The summed E-state index contributed by atoms with van der Waals surface area (Å²) < 4.78 is 0. The van der Waals surface area contributed by atoms with Crippen molar-refractivity contribution in [2.45, 2.75) is 23.5 Å². The van der Waals surface area contributed by atoms with Gasteiger partial charge in [0.15, 0.2) is 5.16 Å². The smallest absolute Gasteiger partial charge is 0.223 e. The van der Waals surface area contributed by atoms with Crippen LogP contribution in [0.1, 0.15) is 13.3 Å². The Morgan fingerprint density at radius 1 is 1.25 bits per heavy atom. The Morgan fingerprint density at radius 2 is 1.95 bits per heavy atom. The maximum Gasteiger partial charge on any atom is 0.223 e. The summed E-state index contributed by atoms with van der Waals surface area (Å²) in [7, 11) is 0. The summed E-state index contributed by atoms with van der Waals surface area (Å²) in [6, 6.07) is 1.49. The first-order chi connectivity index (χ1) is 9.58. The molecule has 5 N–H and O–H groups in total. The van der Waals surface area contributed by atoms with Gasteiger partial charge in [-0.25, -0.2) is 19.9 Å². The van der Waals surface area contributed by atoms with Gasteiger partial charge in [0.2, 0.25) is 5.95 Å². The molecule has 7 nitrogen and oxygen atoms in total. The normalized spacial score (nSPS) is 10.5. The summed E-state index contributed by atoms with van der Waals surface area (Å²) >= 11 is 7.25. The minimum absolute atomic E-state index is 0.300. The van der Waals surface area contributed by atoms with Gasteiger partial charge in [0.25, 0.3) is 0 Å². The van der Waals surface area contributed by atoms with E-state index in [9.17, 15) is 0 Å². The highest BCUT2D eigenvalue weighted by Gasteiger charge is 2.10. The molecule has 0 bridgehead atoms. The molecule has 2 heterocycles. The first-order valence-corrected chi connectivity index (χ1v) is 7.12. The number of aromatic nitrogens is 4. The lowest BCUT2D eigenvalue weighted by molar-refractivity contribution is 0.930. The van der Waals surface area contributed by atoms with Crippen molar-refractivity contribution < 1.29 is 0 Å². The quantitative estimate of drug-likeness (QED) is 0.567. The topological polar surface area (TPSA) is 116 Å². The molecule has 106 valence electrons. The van der Waals surface area contributed by atoms with E-state index in [-0.39, 0.29) is 0 Å². The van der Waals surface area contributed by atoms with Gasteiger partial charge in [0.05, 0.1) is 11.2 Å². The van der Waals surface area contributed by atoms with E-state index >= 15 is 0 Å². The minimum Gasteiger partial charge on any atom is -0.383 e. The molecule has 9 heteroatoms. The van der Waals surface area contributed by atoms with Crippen LogP contribution in [0.25, 0.3) is 0 Å². The van der Waals surface area contributed by atoms with Gasteiger partial charge >= 0.3 is 0 Å². The third-order valence-electron chi connectivity index (χ3n) is 2.18. The third-order valence-corrected chi connectivity index (χ3v) is 3.44. The number of anilines is 3. The Balaban J connectivity index is 2.23. The minimum atomic E-state index is 0.300. The Kier molecular flexibility index (Phi) is 4.80. The summed E-state index contributed by atoms with van der Waals surface area (Å²) in [6.07, 6.45) is 2.51. The van der Waals surface area contributed by atoms with Crippen LogP contribution in [0.4, 0.5) is 17.6 Å². The molecule has 0 aromatic carbocycles. The predicted octanol–water partition coefficient (Wildman–Crippen LogP) is 2.06. The van der Waals surface area contributed by atoms with Gasteiger partial charge in [0.1, 0.15) is 16.7 Å². The van der Waals surface area contributed by atoms with Crippen LogP contribution < -0.4 is 16.8 Å². The number of nitrogens with zero attached hydrogens (tertiary/aromatic N) is 4. The van der Waals surface area contributed by atoms with Gasteiger partial charge in [-0.2, -0.15) is 0 Å². The maximum atomic E-state index is 6.07. The molecule has 0 amide bonds. The van der Waals surface area contributed by atoms with E-state index in [4.69, 9.17) is 23.1 Å². The molecule has 0 spiro atoms. The van der Waals surface area contributed by atoms with Gasteiger partial charge in [-0.1, -0.05) is 18.5 Å². The molecule has 2 rings (SSSR count). The lowest BCUT2D eigenvalue weighted by Crippen LogP contribution is -2.05. The number of rotatable bonds is 5. The lowest BCUT2D eigenvalue weighted by atomic mass is 10.5. The number of nitrogens with two attached hydrogens (primary N) is 2. The van der Waals surface area contributed by atoms with E-state index < -0.39 is 0 Å². The van der Waals surface area contributed by atoms with Crippen molar-refractivity contribution in [3.8, 4) is 0 Å². The number of hydrogen-bond acceptors (Lipinski definition) is 8. The van der Waals surface area contributed by atoms with Crippen molar-refractivity contribution in [1.82, 2.24) is 19.9 Å². The summed E-state index contributed by atoms with van der Waals surface area (Å²) in [5.41, 5.74) is 11.2. The van der Waals surface area contributed by atoms with Crippen molar-refractivity contribution in [1.29, 1.82) is 0 Å². The van der Waals surface area contributed by atoms with Crippen LogP contribution >= 0.6 is 23.4 Å². The predicted molar refractivity (Wildman–Crippen MR) is 80.8 cm³/mol. The van der Waals surface area contributed by atoms with E-state index in [1.54, 1.807) is 0 Å². The zero-order valence-corrected chi connectivity index (χ0v) is 12.4. The second-order valence-electron chi connectivity index (χ2n) is 3.88. The molecule has 0 unspecified atom stereocenters. The monoisotopic (exact) mass is 311 g/mol.